The first-order chi connectivity index (χ1) is 17.7. The van der Waals surface area contributed by atoms with E-state index >= 15 is 0 Å². The highest BCUT2D eigenvalue weighted by atomic mass is 16.1. The number of rotatable bonds is 10. The molecule has 5 aromatic rings. The zero-order chi connectivity index (χ0) is 24.8. The van der Waals surface area contributed by atoms with Crippen LogP contribution < -0.4 is 16.2 Å². The van der Waals surface area contributed by atoms with E-state index in [0.29, 0.717) is 23.5 Å². The minimum absolute atomic E-state index is 0.167. The predicted octanol–water partition coefficient (Wildman–Crippen LogP) is 5.54. The van der Waals surface area contributed by atoms with Crippen molar-refractivity contribution in [2.75, 3.05) is 11.9 Å². The lowest BCUT2D eigenvalue weighted by molar-refractivity contribution is 0.643. The normalized spacial score (nSPS) is 11.6. The van der Waals surface area contributed by atoms with E-state index in [2.05, 4.69) is 63.9 Å². The summed E-state index contributed by atoms with van der Waals surface area (Å²) in [6.45, 7) is 3.71. The van der Waals surface area contributed by atoms with Crippen LogP contribution in [0, 0.1) is 0 Å². The van der Waals surface area contributed by atoms with Crippen molar-refractivity contribution in [2.45, 2.75) is 31.8 Å². The Bertz CT molecular complexity index is 1360. The van der Waals surface area contributed by atoms with Crippen molar-refractivity contribution in [3.63, 3.8) is 0 Å². The molecule has 182 valence electrons. The Kier molecular flexibility index (Phi) is 6.96. The largest absolute Gasteiger partial charge is 0.346 e. The van der Waals surface area contributed by atoms with E-state index in [1.165, 1.54) is 0 Å². The van der Waals surface area contributed by atoms with Crippen molar-refractivity contribution >= 4 is 17.0 Å². The molecule has 2 aromatic heterocycles. The summed E-state index contributed by atoms with van der Waals surface area (Å²) in [4.78, 5) is 24.3. The zero-order valence-corrected chi connectivity index (χ0v) is 20.4. The Labute approximate surface area is 210 Å². The summed E-state index contributed by atoms with van der Waals surface area (Å²) in [5.74, 6) is 0.399. The van der Waals surface area contributed by atoms with Crippen molar-refractivity contribution in [3.8, 4) is 0 Å². The standard InChI is InChI=1S/C30H31N5O/c1-2-3-19-31-20-22-21-32-27-26(22)28(36)34-29(33-27)35-30(23-13-7-4-8-14-23,24-15-9-5-10-16-24)25-17-11-6-12-18-25/h4-18,21,31H,2-3,19-20H2,1H3,(H3,32,33,34,35,36). The van der Waals surface area contributed by atoms with Gasteiger partial charge in [0.15, 0.2) is 0 Å². The van der Waals surface area contributed by atoms with E-state index in [9.17, 15) is 4.79 Å². The Balaban J connectivity index is 1.62. The molecule has 5 rings (SSSR count). The fourth-order valence-corrected chi connectivity index (χ4v) is 4.79. The van der Waals surface area contributed by atoms with Gasteiger partial charge >= 0.3 is 0 Å². The molecule has 0 saturated carbocycles. The van der Waals surface area contributed by atoms with Gasteiger partial charge in [0.25, 0.3) is 5.56 Å². The third-order valence-electron chi connectivity index (χ3n) is 6.57. The number of unbranched alkanes of at least 4 members (excludes halogenated alkanes) is 1. The van der Waals surface area contributed by atoms with Crippen molar-refractivity contribution in [1.29, 1.82) is 0 Å². The van der Waals surface area contributed by atoms with Crippen LogP contribution in [0.15, 0.2) is 102 Å². The monoisotopic (exact) mass is 477 g/mol. The van der Waals surface area contributed by atoms with Crippen molar-refractivity contribution in [2.24, 2.45) is 0 Å². The third-order valence-corrected chi connectivity index (χ3v) is 6.57. The summed E-state index contributed by atoms with van der Waals surface area (Å²) in [5, 5.41) is 7.64. The maximum atomic E-state index is 13.3. The second-order valence-corrected chi connectivity index (χ2v) is 8.96. The van der Waals surface area contributed by atoms with Crippen LogP contribution in [-0.4, -0.2) is 21.5 Å². The van der Waals surface area contributed by atoms with Crippen molar-refractivity contribution in [3.05, 3.63) is 130 Å². The molecule has 0 unspecified atom stereocenters. The summed E-state index contributed by atoms with van der Waals surface area (Å²) >= 11 is 0. The van der Waals surface area contributed by atoms with Crippen molar-refractivity contribution in [1.82, 2.24) is 20.3 Å². The Morgan fingerprint density at radius 2 is 1.39 bits per heavy atom. The fraction of sp³-hybridized carbons (Fsp3) is 0.200. The third kappa shape index (κ3) is 4.55. The Hall–Kier alpha value is -4.16. The van der Waals surface area contributed by atoms with E-state index in [0.717, 1.165) is 41.6 Å². The number of fused-ring (bicyclic) bond motifs is 1. The molecule has 0 atom stereocenters. The highest BCUT2D eigenvalue weighted by Crippen LogP contribution is 2.39. The minimum Gasteiger partial charge on any atom is -0.346 e. The lowest BCUT2D eigenvalue weighted by atomic mass is 9.77. The first-order valence-corrected chi connectivity index (χ1v) is 12.5. The minimum atomic E-state index is -0.773. The molecule has 0 spiro atoms. The average molecular weight is 478 g/mol. The number of hydrogen-bond acceptors (Lipinski definition) is 4. The summed E-state index contributed by atoms with van der Waals surface area (Å²) in [5.41, 5.74) is 3.66. The molecule has 0 radical (unpaired) electrons. The summed E-state index contributed by atoms with van der Waals surface area (Å²) in [7, 11) is 0. The van der Waals surface area contributed by atoms with Crippen LogP contribution in [0.25, 0.3) is 11.0 Å². The molecule has 3 aromatic carbocycles. The lowest BCUT2D eigenvalue weighted by Gasteiger charge is -2.37. The summed E-state index contributed by atoms with van der Waals surface area (Å²) in [6.07, 6.45) is 4.10. The van der Waals surface area contributed by atoms with E-state index in [1.54, 1.807) is 0 Å². The number of hydrogen-bond donors (Lipinski definition) is 4. The van der Waals surface area contributed by atoms with Gasteiger partial charge in [0.05, 0.1) is 5.39 Å². The number of aromatic amines is 2. The molecule has 0 saturated heterocycles. The van der Waals surface area contributed by atoms with Crippen LogP contribution >= 0.6 is 0 Å². The van der Waals surface area contributed by atoms with Crippen molar-refractivity contribution < 1.29 is 0 Å². The molecular formula is C30H31N5O. The van der Waals surface area contributed by atoms with E-state index in [-0.39, 0.29) is 5.56 Å². The van der Waals surface area contributed by atoms with Crippen LogP contribution in [0.5, 0.6) is 0 Å². The molecule has 6 heteroatoms. The molecule has 0 aliphatic heterocycles. The van der Waals surface area contributed by atoms with E-state index in [4.69, 9.17) is 4.98 Å². The number of benzene rings is 3. The molecule has 2 heterocycles. The summed E-state index contributed by atoms with van der Waals surface area (Å²) in [6, 6.07) is 30.8. The fourth-order valence-electron chi connectivity index (χ4n) is 4.79. The predicted molar refractivity (Wildman–Crippen MR) is 146 cm³/mol. The molecule has 6 nitrogen and oxygen atoms in total. The molecule has 36 heavy (non-hydrogen) atoms. The molecular weight excluding hydrogens is 446 g/mol. The van der Waals surface area contributed by atoms with Gasteiger partial charge in [-0.3, -0.25) is 9.78 Å². The first-order valence-electron chi connectivity index (χ1n) is 12.5. The molecule has 0 aliphatic rings. The van der Waals surface area contributed by atoms with Gasteiger partial charge in [0.1, 0.15) is 11.2 Å². The highest BCUT2D eigenvalue weighted by molar-refractivity contribution is 5.79. The van der Waals surface area contributed by atoms with Gasteiger partial charge in [0, 0.05) is 12.7 Å². The van der Waals surface area contributed by atoms with Crippen LogP contribution in [-0.2, 0) is 12.1 Å². The number of H-pyrrole nitrogens is 2. The zero-order valence-electron chi connectivity index (χ0n) is 20.4. The smallest absolute Gasteiger partial charge is 0.262 e. The van der Waals surface area contributed by atoms with E-state index < -0.39 is 5.54 Å². The molecule has 4 N–H and O–H groups in total. The van der Waals surface area contributed by atoms with Gasteiger partial charge in [-0.15, -0.1) is 0 Å². The second-order valence-electron chi connectivity index (χ2n) is 8.96. The lowest BCUT2D eigenvalue weighted by Crippen LogP contribution is -2.39. The number of aromatic nitrogens is 3. The number of nitrogens with one attached hydrogen (secondary N) is 4. The van der Waals surface area contributed by atoms with Crippen LogP contribution in [0.4, 0.5) is 5.95 Å². The van der Waals surface area contributed by atoms with Gasteiger partial charge in [-0.2, -0.15) is 4.98 Å². The number of nitrogens with zero attached hydrogens (tertiary/aromatic N) is 1. The van der Waals surface area contributed by atoms with Gasteiger partial charge in [-0.25, -0.2) is 0 Å². The van der Waals surface area contributed by atoms with Gasteiger partial charge in [-0.05, 0) is 35.2 Å². The van der Waals surface area contributed by atoms with Crippen LogP contribution in [0.3, 0.4) is 0 Å². The first kappa shape index (κ1) is 23.6. The molecule has 0 aliphatic carbocycles. The quantitative estimate of drug-likeness (QED) is 0.157. The topological polar surface area (TPSA) is 85.6 Å². The Morgan fingerprint density at radius 1 is 0.833 bits per heavy atom. The molecule has 0 amide bonds. The number of anilines is 1. The van der Waals surface area contributed by atoms with Crippen LogP contribution in [0.2, 0.25) is 0 Å². The summed E-state index contributed by atoms with van der Waals surface area (Å²) < 4.78 is 0. The maximum Gasteiger partial charge on any atom is 0.262 e. The molecule has 0 bridgehead atoms. The van der Waals surface area contributed by atoms with Gasteiger partial charge in [0.2, 0.25) is 5.95 Å². The van der Waals surface area contributed by atoms with E-state index in [1.807, 2.05) is 60.8 Å². The Morgan fingerprint density at radius 3 is 1.92 bits per heavy atom. The SMILES string of the molecule is CCCCNCc1c[nH]c2nc(NC(c3ccccc3)(c3ccccc3)c3ccccc3)[nH]c(=O)c12. The van der Waals surface area contributed by atoms with Crippen LogP contribution in [0.1, 0.15) is 42.0 Å². The highest BCUT2D eigenvalue weighted by Gasteiger charge is 2.37. The molecule has 0 fully saturated rings. The maximum absolute atomic E-state index is 13.3. The second kappa shape index (κ2) is 10.6. The van der Waals surface area contributed by atoms with Gasteiger partial charge < -0.3 is 15.6 Å². The average Bonchev–Trinajstić information content (AvgIpc) is 3.34. The van der Waals surface area contributed by atoms with Gasteiger partial charge in [-0.1, -0.05) is 104 Å².